The van der Waals surface area contributed by atoms with Crippen LogP contribution in [0.25, 0.3) is 0 Å². The van der Waals surface area contributed by atoms with Gasteiger partial charge in [0.2, 0.25) is 0 Å². The highest BCUT2D eigenvalue weighted by Crippen LogP contribution is 2.30. The van der Waals surface area contributed by atoms with Gasteiger partial charge in [0.05, 0.1) is 10.6 Å². The first-order chi connectivity index (χ1) is 9.08. The average molecular weight is 279 g/mol. The Balaban J connectivity index is 2.22. The van der Waals surface area contributed by atoms with Gasteiger partial charge in [0.25, 0.3) is 0 Å². The number of pyridine rings is 1. The second-order valence-electron chi connectivity index (χ2n) is 3.92. The van der Waals surface area contributed by atoms with Gasteiger partial charge in [0, 0.05) is 6.07 Å². The molecule has 0 spiro atoms. The van der Waals surface area contributed by atoms with E-state index in [-0.39, 0.29) is 18.0 Å². The van der Waals surface area contributed by atoms with Crippen LogP contribution < -0.4 is 4.74 Å². The Kier molecular flexibility index (Phi) is 3.97. The molecule has 1 aromatic heterocycles. The highest BCUT2D eigenvalue weighted by molar-refractivity contribution is 6.29. The third-order valence-corrected chi connectivity index (χ3v) is 2.74. The molecule has 0 atom stereocenters. The zero-order valence-corrected chi connectivity index (χ0v) is 10.9. The zero-order chi connectivity index (χ0) is 13.8. The number of nitrogens with zero attached hydrogens (tertiary/aromatic N) is 2. The van der Waals surface area contributed by atoms with Crippen molar-refractivity contribution in [2.24, 2.45) is 0 Å². The average Bonchev–Trinajstić information content (AvgIpc) is 2.37. The number of nitro benzene ring substituents is 1. The lowest BCUT2D eigenvalue weighted by Crippen LogP contribution is -2.02. The topological polar surface area (TPSA) is 65.3 Å². The summed E-state index contributed by atoms with van der Waals surface area (Å²) in [5, 5.41) is 11.3. The van der Waals surface area contributed by atoms with Crippen LogP contribution in [0.5, 0.6) is 5.75 Å². The summed E-state index contributed by atoms with van der Waals surface area (Å²) in [5.74, 6) is 0.259. The van der Waals surface area contributed by atoms with Crippen LogP contribution in [-0.2, 0) is 6.61 Å². The van der Waals surface area contributed by atoms with Gasteiger partial charge in [-0.05, 0) is 24.6 Å². The number of para-hydroxylation sites is 1. The van der Waals surface area contributed by atoms with Gasteiger partial charge in [-0.15, -0.1) is 0 Å². The number of aryl methyl sites for hydroxylation is 1. The van der Waals surface area contributed by atoms with Crippen molar-refractivity contribution in [1.82, 2.24) is 4.98 Å². The van der Waals surface area contributed by atoms with E-state index in [1.165, 1.54) is 6.07 Å². The minimum Gasteiger partial charge on any atom is -0.480 e. The lowest BCUT2D eigenvalue weighted by Gasteiger charge is -2.09. The molecule has 0 radical (unpaired) electrons. The Hall–Kier alpha value is -2.14. The van der Waals surface area contributed by atoms with Crippen molar-refractivity contribution in [1.29, 1.82) is 0 Å². The number of nitro groups is 1. The predicted octanol–water partition coefficient (Wildman–Crippen LogP) is 3.53. The van der Waals surface area contributed by atoms with Crippen LogP contribution in [0.1, 0.15) is 11.3 Å². The third kappa shape index (κ3) is 3.20. The van der Waals surface area contributed by atoms with Gasteiger partial charge in [0.15, 0.2) is 5.75 Å². The quantitative estimate of drug-likeness (QED) is 0.487. The summed E-state index contributed by atoms with van der Waals surface area (Å²) >= 11 is 5.76. The number of rotatable bonds is 4. The minimum absolute atomic E-state index is 0.0537. The van der Waals surface area contributed by atoms with Crippen LogP contribution in [0.2, 0.25) is 5.15 Å². The normalized spacial score (nSPS) is 10.2. The minimum atomic E-state index is -0.465. The Bertz CT molecular complexity index is 617. The lowest BCUT2D eigenvalue weighted by atomic mass is 10.2. The van der Waals surface area contributed by atoms with E-state index < -0.39 is 4.92 Å². The molecular weight excluding hydrogens is 268 g/mol. The SMILES string of the molecule is Cc1cccc([N+](=O)[O-])c1OCc1cccc(Cl)n1. The molecule has 0 saturated heterocycles. The first-order valence-electron chi connectivity index (χ1n) is 5.56. The molecule has 5 nitrogen and oxygen atoms in total. The van der Waals surface area contributed by atoms with E-state index in [1.807, 2.05) is 0 Å². The van der Waals surface area contributed by atoms with Gasteiger partial charge in [-0.1, -0.05) is 29.8 Å². The smallest absolute Gasteiger partial charge is 0.311 e. The molecule has 0 N–H and O–H groups in total. The van der Waals surface area contributed by atoms with Gasteiger partial charge in [-0.25, -0.2) is 4.98 Å². The van der Waals surface area contributed by atoms with Crippen molar-refractivity contribution in [3.8, 4) is 5.75 Å². The highest BCUT2D eigenvalue weighted by Gasteiger charge is 2.17. The second-order valence-corrected chi connectivity index (χ2v) is 4.31. The molecule has 2 aromatic rings. The van der Waals surface area contributed by atoms with Gasteiger partial charge in [-0.3, -0.25) is 10.1 Å². The Labute approximate surface area is 115 Å². The largest absolute Gasteiger partial charge is 0.480 e. The molecule has 0 aliphatic rings. The van der Waals surface area contributed by atoms with Crippen molar-refractivity contribution in [3.05, 3.63) is 62.9 Å². The van der Waals surface area contributed by atoms with E-state index in [0.717, 1.165) is 0 Å². The lowest BCUT2D eigenvalue weighted by molar-refractivity contribution is -0.386. The monoisotopic (exact) mass is 278 g/mol. The molecule has 6 heteroatoms. The summed E-state index contributed by atoms with van der Waals surface area (Å²) in [6, 6.07) is 9.94. The molecule has 0 fully saturated rings. The Morgan fingerprint density at radius 1 is 1.32 bits per heavy atom. The second kappa shape index (κ2) is 5.67. The van der Waals surface area contributed by atoms with Crippen molar-refractivity contribution < 1.29 is 9.66 Å². The fourth-order valence-corrected chi connectivity index (χ4v) is 1.83. The van der Waals surface area contributed by atoms with E-state index in [4.69, 9.17) is 16.3 Å². The molecule has 0 unspecified atom stereocenters. The van der Waals surface area contributed by atoms with Crippen LogP contribution >= 0.6 is 11.6 Å². The molecule has 98 valence electrons. The Morgan fingerprint density at radius 2 is 2.05 bits per heavy atom. The number of halogens is 1. The number of hydrogen-bond donors (Lipinski definition) is 0. The fourth-order valence-electron chi connectivity index (χ4n) is 1.65. The van der Waals surface area contributed by atoms with Crippen LogP contribution in [-0.4, -0.2) is 9.91 Å². The zero-order valence-electron chi connectivity index (χ0n) is 10.2. The summed E-state index contributed by atoms with van der Waals surface area (Å²) < 4.78 is 5.51. The summed E-state index contributed by atoms with van der Waals surface area (Å²) in [6.45, 7) is 1.89. The van der Waals surface area contributed by atoms with Crippen LogP contribution in [0.3, 0.4) is 0 Å². The molecule has 1 aromatic carbocycles. The number of hydrogen-bond acceptors (Lipinski definition) is 4. The van der Waals surface area contributed by atoms with Crippen LogP contribution in [0.4, 0.5) is 5.69 Å². The summed E-state index contributed by atoms with van der Waals surface area (Å²) in [5.41, 5.74) is 1.27. The maximum atomic E-state index is 10.9. The number of ether oxygens (including phenoxy) is 1. The highest BCUT2D eigenvalue weighted by atomic mass is 35.5. The number of benzene rings is 1. The maximum absolute atomic E-state index is 10.9. The number of aromatic nitrogens is 1. The van der Waals surface area contributed by atoms with Crippen molar-refractivity contribution in [3.63, 3.8) is 0 Å². The van der Waals surface area contributed by atoms with Crippen molar-refractivity contribution in [2.75, 3.05) is 0 Å². The molecule has 0 aliphatic heterocycles. The molecular formula is C13H11ClN2O3. The molecule has 2 rings (SSSR count). The van der Waals surface area contributed by atoms with Gasteiger partial charge in [0.1, 0.15) is 11.8 Å². The van der Waals surface area contributed by atoms with Gasteiger partial charge in [-0.2, -0.15) is 0 Å². The molecule has 19 heavy (non-hydrogen) atoms. The summed E-state index contributed by atoms with van der Waals surface area (Å²) in [6.07, 6.45) is 0. The Morgan fingerprint density at radius 3 is 2.74 bits per heavy atom. The van der Waals surface area contributed by atoms with E-state index in [0.29, 0.717) is 16.4 Å². The van der Waals surface area contributed by atoms with Gasteiger partial charge >= 0.3 is 5.69 Å². The molecule has 0 amide bonds. The summed E-state index contributed by atoms with van der Waals surface area (Å²) in [7, 11) is 0. The summed E-state index contributed by atoms with van der Waals surface area (Å²) in [4.78, 5) is 14.5. The predicted molar refractivity (Wildman–Crippen MR) is 71.4 cm³/mol. The standard InChI is InChI=1S/C13H11ClN2O3/c1-9-4-2-6-11(16(17)18)13(9)19-8-10-5-3-7-12(14)15-10/h2-7H,8H2,1H3. The first-order valence-corrected chi connectivity index (χ1v) is 5.94. The molecule has 0 bridgehead atoms. The third-order valence-electron chi connectivity index (χ3n) is 2.52. The van der Waals surface area contributed by atoms with Crippen molar-refractivity contribution >= 4 is 17.3 Å². The molecule has 1 heterocycles. The van der Waals surface area contributed by atoms with Gasteiger partial charge < -0.3 is 4.74 Å². The van der Waals surface area contributed by atoms with E-state index >= 15 is 0 Å². The van der Waals surface area contributed by atoms with Crippen LogP contribution in [0, 0.1) is 17.0 Å². The molecule has 0 aliphatic carbocycles. The maximum Gasteiger partial charge on any atom is 0.311 e. The van der Waals surface area contributed by atoms with Crippen molar-refractivity contribution in [2.45, 2.75) is 13.5 Å². The first kappa shape index (κ1) is 13.3. The van der Waals surface area contributed by atoms with E-state index in [2.05, 4.69) is 4.98 Å². The molecule has 0 saturated carbocycles. The van der Waals surface area contributed by atoms with Crippen LogP contribution in [0.15, 0.2) is 36.4 Å². The van der Waals surface area contributed by atoms with E-state index in [1.54, 1.807) is 37.3 Å². The fraction of sp³-hybridized carbons (Fsp3) is 0.154. The van der Waals surface area contributed by atoms with E-state index in [9.17, 15) is 10.1 Å².